The van der Waals surface area contributed by atoms with Crippen molar-refractivity contribution in [2.24, 2.45) is 5.92 Å². The Morgan fingerprint density at radius 2 is 1.92 bits per heavy atom. The molecule has 0 amide bonds. The van der Waals surface area contributed by atoms with Gasteiger partial charge in [0.2, 0.25) is 5.89 Å². The molecular formula is C19H23F2N3O2. The number of carbonyl (C=O) groups excluding carboxylic acids is 1. The van der Waals surface area contributed by atoms with E-state index in [4.69, 9.17) is 4.52 Å². The van der Waals surface area contributed by atoms with E-state index in [1.165, 1.54) is 0 Å². The number of piperidine rings is 1. The van der Waals surface area contributed by atoms with E-state index >= 15 is 0 Å². The lowest BCUT2D eigenvalue weighted by Crippen LogP contribution is -2.38. The minimum absolute atomic E-state index is 0.0445. The lowest BCUT2D eigenvalue weighted by atomic mass is 9.88. The van der Waals surface area contributed by atoms with Crippen LogP contribution >= 0.6 is 0 Å². The van der Waals surface area contributed by atoms with Crippen molar-refractivity contribution in [3.05, 3.63) is 47.1 Å². The normalized spacial score (nSPS) is 17.6. The van der Waals surface area contributed by atoms with Crippen LogP contribution in [0.2, 0.25) is 0 Å². The molecule has 1 saturated heterocycles. The molecule has 26 heavy (non-hydrogen) atoms. The Balaban J connectivity index is 1.63. The van der Waals surface area contributed by atoms with Gasteiger partial charge < -0.3 is 4.52 Å². The summed E-state index contributed by atoms with van der Waals surface area (Å²) in [4.78, 5) is 19.1. The van der Waals surface area contributed by atoms with Crippen LogP contribution < -0.4 is 0 Å². The van der Waals surface area contributed by atoms with Crippen LogP contribution in [-0.4, -0.2) is 33.9 Å². The standard InChI is InChI=1S/C19H23F2N3O2/c1-11(2)18-22-19(26-23-18)12(3)24-8-6-13(7-9-24)17(25)15-10-14(20)4-5-16(15)21/h4-5,10-13H,6-9H2,1-3H3. The first kappa shape index (κ1) is 18.6. The van der Waals surface area contributed by atoms with Gasteiger partial charge in [0, 0.05) is 11.8 Å². The number of likely N-dealkylation sites (tertiary alicyclic amines) is 1. The van der Waals surface area contributed by atoms with Gasteiger partial charge in [-0.15, -0.1) is 0 Å². The maximum atomic E-state index is 13.8. The maximum absolute atomic E-state index is 13.8. The number of Topliss-reactive ketones (excluding diaryl/α,β-unsaturated/α-hetero) is 1. The zero-order chi connectivity index (χ0) is 18.8. The number of benzene rings is 1. The van der Waals surface area contributed by atoms with Crippen LogP contribution in [0.25, 0.3) is 0 Å². The van der Waals surface area contributed by atoms with Gasteiger partial charge in [-0.1, -0.05) is 19.0 Å². The molecule has 1 aromatic heterocycles. The zero-order valence-electron chi connectivity index (χ0n) is 15.2. The Morgan fingerprint density at radius 3 is 2.54 bits per heavy atom. The molecule has 1 atom stereocenters. The molecule has 0 bridgehead atoms. The number of ketones is 1. The highest BCUT2D eigenvalue weighted by Gasteiger charge is 2.31. The largest absolute Gasteiger partial charge is 0.338 e. The summed E-state index contributed by atoms with van der Waals surface area (Å²) in [5.74, 6) is -0.451. The molecule has 7 heteroatoms. The van der Waals surface area contributed by atoms with E-state index in [0.717, 1.165) is 18.2 Å². The van der Waals surface area contributed by atoms with Crippen molar-refractivity contribution in [1.29, 1.82) is 0 Å². The summed E-state index contributed by atoms with van der Waals surface area (Å²) in [6, 6.07) is 2.96. The number of aromatic nitrogens is 2. The summed E-state index contributed by atoms with van der Waals surface area (Å²) < 4.78 is 32.5. The lowest BCUT2D eigenvalue weighted by molar-refractivity contribution is 0.0770. The van der Waals surface area contributed by atoms with Gasteiger partial charge in [-0.25, -0.2) is 8.78 Å². The molecule has 1 fully saturated rings. The number of halogens is 2. The van der Waals surface area contributed by atoms with E-state index < -0.39 is 11.6 Å². The van der Waals surface area contributed by atoms with Gasteiger partial charge in [0.1, 0.15) is 11.6 Å². The van der Waals surface area contributed by atoms with Crippen molar-refractivity contribution < 1.29 is 18.1 Å². The molecule has 1 aromatic carbocycles. The number of carbonyl (C=O) groups is 1. The van der Waals surface area contributed by atoms with Gasteiger partial charge in [0.05, 0.1) is 11.6 Å². The van der Waals surface area contributed by atoms with Crippen molar-refractivity contribution >= 4 is 5.78 Å². The highest BCUT2D eigenvalue weighted by Crippen LogP contribution is 2.29. The third-order valence-electron chi connectivity index (χ3n) is 4.97. The molecule has 140 valence electrons. The number of rotatable bonds is 5. The van der Waals surface area contributed by atoms with Gasteiger partial charge in [0.25, 0.3) is 0 Å². The monoisotopic (exact) mass is 363 g/mol. The molecule has 2 heterocycles. The smallest absolute Gasteiger partial charge is 0.243 e. The van der Waals surface area contributed by atoms with Gasteiger partial charge in [-0.3, -0.25) is 9.69 Å². The Morgan fingerprint density at radius 1 is 1.23 bits per heavy atom. The fourth-order valence-corrected chi connectivity index (χ4v) is 3.26. The van der Waals surface area contributed by atoms with Crippen LogP contribution in [0.5, 0.6) is 0 Å². The van der Waals surface area contributed by atoms with Crippen molar-refractivity contribution in [2.45, 2.75) is 45.6 Å². The van der Waals surface area contributed by atoms with E-state index in [2.05, 4.69) is 15.0 Å². The second-order valence-corrected chi connectivity index (χ2v) is 7.12. The van der Waals surface area contributed by atoms with Crippen molar-refractivity contribution in [3.63, 3.8) is 0 Å². The Kier molecular flexibility index (Phi) is 5.46. The molecule has 0 aliphatic carbocycles. The van der Waals surface area contributed by atoms with E-state index in [-0.39, 0.29) is 29.2 Å². The third-order valence-corrected chi connectivity index (χ3v) is 4.97. The first-order chi connectivity index (χ1) is 12.4. The van der Waals surface area contributed by atoms with E-state index in [9.17, 15) is 13.6 Å². The van der Waals surface area contributed by atoms with Gasteiger partial charge in [-0.2, -0.15) is 4.98 Å². The average Bonchev–Trinajstić information content (AvgIpc) is 3.13. The molecule has 5 nitrogen and oxygen atoms in total. The minimum atomic E-state index is -0.667. The van der Waals surface area contributed by atoms with Gasteiger partial charge in [0.15, 0.2) is 11.6 Å². The molecule has 0 saturated carbocycles. The Bertz CT molecular complexity index is 783. The molecule has 1 unspecified atom stereocenters. The molecule has 3 rings (SSSR count). The number of nitrogens with zero attached hydrogens (tertiary/aromatic N) is 3. The summed E-state index contributed by atoms with van der Waals surface area (Å²) in [5.41, 5.74) is -0.157. The lowest BCUT2D eigenvalue weighted by Gasteiger charge is -2.34. The van der Waals surface area contributed by atoms with Crippen LogP contribution in [0.1, 0.15) is 67.6 Å². The van der Waals surface area contributed by atoms with E-state index in [0.29, 0.717) is 37.6 Å². The topological polar surface area (TPSA) is 59.2 Å². The summed E-state index contributed by atoms with van der Waals surface area (Å²) >= 11 is 0. The zero-order valence-corrected chi connectivity index (χ0v) is 15.2. The molecule has 0 radical (unpaired) electrons. The number of hydrogen-bond acceptors (Lipinski definition) is 5. The first-order valence-corrected chi connectivity index (χ1v) is 8.93. The fourth-order valence-electron chi connectivity index (χ4n) is 3.26. The highest BCUT2D eigenvalue weighted by atomic mass is 19.1. The van der Waals surface area contributed by atoms with E-state index in [1.54, 1.807) is 0 Å². The van der Waals surface area contributed by atoms with Gasteiger partial charge in [-0.05, 0) is 51.1 Å². The van der Waals surface area contributed by atoms with Crippen LogP contribution in [0.3, 0.4) is 0 Å². The van der Waals surface area contributed by atoms with Crippen LogP contribution in [0, 0.1) is 17.6 Å². The predicted molar refractivity (Wildman–Crippen MR) is 91.8 cm³/mol. The third kappa shape index (κ3) is 3.82. The number of hydrogen-bond donors (Lipinski definition) is 0. The summed E-state index contributed by atoms with van der Waals surface area (Å²) in [5, 5.41) is 3.99. The molecule has 0 N–H and O–H groups in total. The SMILES string of the molecule is CC(C)c1noc(C(C)N2CCC(C(=O)c3cc(F)ccc3F)CC2)n1. The fraction of sp³-hybridized carbons (Fsp3) is 0.526. The minimum Gasteiger partial charge on any atom is -0.338 e. The Hall–Kier alpha value is -2.15. The predicted octanol–water partition coefficient (Wildman–Crippen LogP) is 4.13. The van der Waals surface area contributed by atoms with E-state index in [1.807, 2.05) is 20.8 Å². The molecule has 1 aliphatic heterocycles. The second-order valence-electron chi connectivity index (χ2n) is 7.12. The van der Waals surface area contributed by atoms with Crippen LogP contribution in [0.15, 0.2) is 22.7 Å². The van der Waals surface area contributed by atoms with Crippen LogP contribution in [-0.2, 0) is 0 Å². The molecule has 2 aromatic rings. The Labute approximate surface area is 151 Å². The second kappa shape index (κ2) is 7.61. The highest BCUT2D eigenvalue weighted by molar-refractivity contribution is 5.98. The maximum Gasteiger partial charge on any atom is 0.243 e. The quantitative estimate of drug-likeness (QED) is 0.748. The first-order valence-electron chi connectivity index (χ1n) is 8.93. The van der Waals surface area contributed by atoms with Crippen molar-refractivity contribution in [3.8, 4) is 0 Å². The summed E-state index contributed by atoms with van der Waals surface area (Å²) in [6.45, 7) is 7.32. The van der Waals surface area contributed by atoms with Crippen molar-refractivity contribution in [2.75, 3.05) is 13.1 Å². The average molecular weight is 363 g/mol. The van der Waals surface area contributed by atoms with Gasteiger partial charge >= 0.3 is 0 Å². The van der Waals surface area contributed by atoms with Crippen molar-refractivity contribution in [1.82, 2.24) is 15.0 Å². The molecular weight excluding hydrogens is 340 g/mol. The van der Waals surface area contributed by atoms with Crippen LogP contribution in [0.4, 0.5) is 8.78 Å². The molecule has 1 aliphatic rings. The summed E-state index contributed by atoms with van der Waals surface area (Å²) in [7, 11) is 0. The molecule has 0 spiro atoms. The summed E-state index contributed by atoms with van der Waals surface area (Å²) in [6.07, 6.45) is 1.18.